The standard InChI is InChI=1S/C32H41N5O2/c1-21-12-13-24(19-25(21)20-37-17-16-33-28(37)18-23-10-8-6-7-9-11-23)29(32(3,4)31(38)39)26-14-15-27-30(22(26)2)34-35-36(27)5/h12-17,19,23,29H,6-11,18,20H2,1-5H3,(H,38,39)/t29-/m0/s1. The number of hydrogen-bond acceptors (Lipinski definition) is 4. The summed E-state index contributed by atoms with van der Waals surface area (Å²) >= 11 is 0. The van der Waals surface area contributed by atoms with Gasteiger partial charge < -0.3 is 9.67 Å². The Bertz CT molecular complexity index is 1470. The number of aryl methyl sites for hydroxylation is 3. The lowest BCUT2D eigenvalue weighted by Gasteiger charge is -2.33. The fraction of sp³-hybridized carbons (Fsp3) is 0.500. The maximum Gasteiger partial charge on any atom is 0.310 e. The summed E-state index contributed by atoms with van der Waals surface area (Å²) in [6.45, 7) is 8.53. The highest BCUT2D eigenvalue weighted by Gasteiger charge is 2.40. The van der Waals surface area contributed by atoms with Gasteiger partial charge in [-0.2, -0.15) is 0 Å². The second-order valence-electron chi connectivity index (χ2n) is 12.0. The molecule has 0 spiro atoms. The summed E-state index contributed by atoms with van der Waals surface area (Å²) in [7, 11) is 1.87. The zero-order valence-corrected chi connectivity index (χ0v) is 23.9. The molecule has 4 aromatic rings. The Morgan fingerprint density at radius 2 is 1.85 bits per heavy atom. The smallest absolute Gasteiger partial charge is 0.310 e. The number of benzene rings is 2. The molecule has 1 fully saturated rings. The number of carboxylic acid groups (broad SMARTS) is 1. The van der Waals surface area contributed by atoms with E-state index >= 15 is 0 Å². The first-order valence-electron chi connectivity index (χ1n) is 14.3. The van der Waals surface area contributed by atoms with Gasteiger partial charge in [0.25, 0.3) is 0 Å². The number of nitrogens with zero attached hydrogens (tertiary/aromatic N) is 5. The number of rotatable bonds is 8. The molecule has 1 saturated carbocycles. The van der Waals surface area contributed by atoms with Crippen LogP contribution in [-0.4, -0.2) is 35.6 Å². The average Bonchev–Trinajstić information content (AvgIpc) is 3.40. The van der Waals surface area contributed by atoms with Crippen molar-refractivity contribution >= 4 is 17.0 Å². The van der Waals surface area contributed by atoms with E-state index in [2.05, 4.69) is 52.3 Å². The van der Waals surface area contributed by atoms with Gasteiger partial charge in [-0.1, -0.05) is 68.0 Å². The van der Waals surface area contributed by atoms with Crippen LogP contribution in [0.3, 0.4) is 0 Å². The van der Waals surface area contributed by atoms with Gasteiger partial charge in [0.05, 0.1) is 10.9 Å². The molecule has 7 nitrogen and oxygen atoms in total. The van der Waals surface area contributed by atoms with Crippen LogP contribution in [0, 0.1) is 25.2 Å². The first kappa shape index (κ1) is 27.1. The Kier molecular flexibility index (Phi) is 7.61. The fourth-order valence-corrected chi connectivity index (χ4v) is 6.40. The Morgan fingerprint density at radius 3 is 2.56 bits per heavy atom. The van der Waals surface area contributed by atoms with Gasteiger partial charge in [0.15, 0.2) is 0 Å². The van der Waals surface area contributed by atoms with Crippen molar-refractivity contribution < 1.29 is 9.90 Å². The van der Waals surface area contributed by atoms with E-state index in [4.69, 9.17) is 4.98 Å². The van der Waals surface area contributed by atoms with Crippen LogP contribution in [0.2, 0.25) is 0 Å². The van der Waals surface area contributed by atoms with Crippen LogP contribution in [0.4, 0.5) is 0 Å². The minimum Gasteiger partial charge on any atom is -0.481 e. The van der Waals surface area contributed by atoms with Gasteiger partial charge in [-0.25, -0.2) is 9.67 Å². The van der Waals surface area contributed by atoms with E-state index in [0.717, 1.165) is 46.5 Å². The van der Waals surface area contributed by atoms with Crippen LogP contribution in [0.5, 0.6) is 0 Å². The second-order valence-corrected chi connectivity index (χ2v) is 12.0. The normalized spacial score (nSPS) is 15.9. The molecule has 0 unspecified atom stereocenters. The highest BCUT2D eigenvalue weighted by Crippen LogP contribution is 2.44. The molecule has 0 amide bonds. The maximum absolute atomic E-state index is 12.6. The first-order valence-corrected chi connectivity index (χ1v) is 14.3. The van der Waals surface area contributed by atoms with E-state index in [9.17, 15) is 9.90 Å². The lowest BCUT2D eigenvalue weighted by atomic mass is 9.69. The van der Waals surface area contributed by atoms with E-state index < -0.39 is 11.4 Å². The molecule has 1 atom stereocenters. The van der Waals surface area contributed by atoms with Crippen LogP contribution >= 0.6 is 0 Å². The molecule has 206 valence electrons. The number of imidazole rings is 1. The third-order valence-corrected chi connectivity index (χ3v) is 8.96. The quantitative estimate of drug-likeness (QED) is 0.261. The summed E-state index contributed by atoms with van der Waals surface area (Å²) in [5.74, 6) is 0.682. The van der Waals surface area contributed by atoms with Crippen molar-refractivity contribution in [1.82, 2.24) is 24.5 Å². The number of aromatic nitrogens is 5. The molecule has 0 bridgehead atoms. The number of carboxylic acids is 1. The third kappa shape index (κ3) is 5.36. The summed E-state index contributed by atoms with van der Waals surface area (Å²) < 4.78 is 4.04. The van der Waals surface area contributed by atoms with Crippen LogP contribution in [-0.2, 0) is 24.8 Å². The molecule has 2 aromatic carbocycles. The van der Waals surface area contributed by atoms with E-state index in [1.807, 2.05) is 40.1 Å². The van der Waals surface area contributed by atoms with Gasteiger partial charge in [0.2, 0.25) is 0 Å². The summed E-state index contributed by atoms with van der Waals surface area (Å²) in [6.07, 6.45) is 13.0. The van der Waals surface area contributed by atoms with Crippen LogP contribution < -0.4 is 0 Å². The Morgan fingerprint density at radius 1 is 1.10 bits per heavy atom. The molecule has 2 aromatic heterocycles. The van der Waals surface area contributed by atoms with Gasteiger partial charge in [0, 0.05) is 38.3 Å². The molecule has 1 aliphatic carbocycles. The van der Waals surface area contributed by atoms with Gasteiger partial charge >= 0.3 is 5.97 Å². The molecule has 5 rings (SSSR count). The third-order valence-electron chi connectivity index (χ3n) is 8.96. The lowest BCUT2D eigenvalue weighted by molar-refractivity contribution is -0.147. The van der Waals surface area contributed by atoms with Gasteiger partial charge in [-0.15, -0.1) is 5.10 Å². The molecule has 0 saturated heterocycles. The molecule has 1 N–H and O–H groups in total. The molecular weight excluding hydrogens is 486 g/mol. The summed E-state index contributed by atoms with van der Waals surface area (Å²) in [5.41, 5.74) is 6.05. The SMILES string of the molecule is Cc1ccc([C@@H](c2ccc3c(nnn3C)c2C)C(C)(C)C(=O)O)cc1Cn1ccnc1CC1CCCCCC1. The monoisotopic (exact) mass is 527 g/mol. The minimum absolute atomic E-state index is 0.353. The van der Waals surface area contributed by atoms with Crippen molar-refractivity contribution in [3.63, 3.8) is 0 Å². The molecule has 1 aliphatic rings. The predicted octanol–water partition coefficient (Wildman–Crippen LogP) is 6.59. The van der Waals surface area contributed by atoms with Crippen molar-refractivity contribution in [1.29, 1.82) is 0 Å². The highest BCUT2D eigenvalue weighted by atomic mass is 16.4. The van der Waals surface area contributed by atoms with Crippen molar-refractivity contribution in [2.75, 3.05) is 0 Å². The van der Waals surface area contributed by atoms with Gasteiger partial charge in [-0.05, 0) is 67.5 Å². The van der Waals surface area contributed by atoms with E-state index in [0.29, 0.717) is 5.92 Å². The minimum atomic E-state index is -1.03. The molecular formula is C32H41N5O2. The van der Waals surface area contributed by atoms with Crippen LogP contribution in [0.1, 0.15) is 91.9 Å². The van der Waals surface area contributed by atoms with Gasteiger partial charge in [-0.3, -0.25) is 4.79 Å². The lowest BCUT2D eigenvalue weighted by Crippen LogP contribution is -2.32. The zero-order chi connectivity index (χ0) is 27.7. The number of carbonyl (C=O) groups is 1. The van der Waals surface area contributed by atoms with Gasteiger partial charge in [0.1, 0.15) is 11.3 Å². The van der Waals surface area contributed by atoms with E-state index in [-0.39, 0.29) is 5.92 Å². The number of hydrogen-bond donors (Lipinski definition) is 1. The van der Waals surface area contributed by atoms with Crippen molar-refractivity contribution in [2.45, 2.75) is 85.1 Å². The molecule has 2 heterocycles. The summed E-state index contributed by atoms with van der Waals surface area (Å²) in [6, 6.07) is 10.5. The number of fused-ring (bicyclic) bond motifs is 1. The largest absolute Gasteiger partial charge is 0.481 e. The first-order chi connectivity index (χ1) is 18.7. The highest BCUT2D eigenvalue weighted by molar-refractivity contribution is 5.81. The molecule has 0 aliphatic heterocycles. The average molecular weight is 528 g/mol. The van der Waals surface area contributed by atoms with Crippen molar-refractivity contribution in [2.24, 2.45) is 18.4 Å². The van der Waals surface area contributed by atoms with Crippen molar-refractivity contribution in [3.8, 4) is 0 Å². The molecule has 7 heteroatoms. The molecule has 0 radical (unpaired) electrons. The van der Waals surface area contributed by atoms with E-state index in [1.54, 1.807) is 4.68 Å². The zero-order valence-electron chi connectivity index (χ0n) is 23.9. The summed E-state index contributed by atoms with van der Waals surface area (Å²) in [4.78, 5) is 17.4. The Balaban J connectivity index is 1.52. The predicted molar refractivity (Wildman–Crippen MR) is 154 cm³/mol. The second kappa shape index (κ2) is 10.9. The van der Waals surface area contributed by atoms with Crippen LogP contribution in [0.15, 0.2) is 42.7 Å². The van der Waals surface area contributed by atoms with Crippen LogP contribution in [0.25, 0.3) is 11.0 Å². The fourth-order valence-electron chi connectivity index (χ4n) is 6.40. The molecule has 39 heavy (non-hydrogen) atoms. The van der Waals surface area contributed by atoms with E-state index in [1.165, 1.54) is 49.7 Å². The maximum atomic E-state index is 12.6. The van der Waals surface area contributed by atoms with Crippen molar-refractivity contribution in [3.05, 3.63) is 76.4 Å². The summed E-state index contributed by atoms with van der Waals surface area (Å²) in [5, 5.41) is 18.9. The topological polar surface area (TPSA) is 85.8 Å². The number of aliphatic carboxylic acids is 1. The Hall–Kier alpha value is -3.48. The Labute approximate surface area is 231 Å².